The number of aliphatic hydroxyl groups is 1. The lowest BCUT2D eigenvalue weighted by atomic mass is 10.1. The summed E-state index contributed by atoms with van der Waals surface area (Å²) in [5, 5.41) is 29.1. The highest BCUT2D eigenvalue weighted by Gasteiger charge is 2.25. The van der Waals surface area contributed by atoms with Crippen molar-refractivity contribution in [3.8, 4) is 0 Å². The summed E-state index contributed by atoms with van der Waals surface area (Å²) in [6.45, 7) is 1.02. The van der Waals surface area contributed by atoms with Crippen LogP contribution in [0.1, 0.15) is 16.8 Å². The molecule has 1 heterocycles. The Bertz CT molecular complexity index is 502. The molecule has 1 aromatic rings. The van der Waals surface area contributed by atoms with Crippen LogP contribution in [0, 0.1) is 10.1 Å². The van der Waals surface area contributed by atoms with Gasteiger partial charge in [-0.2, -0.15) is 0 Å². The predicted molar refractivity (Wildman–Crippen MR) is 62.9 cm³/mol. The van der Waals surface area contributed by atoms with Crippen molar-refractivity contribution < 1.29 is 19.9 Å². The van der Waals surface area contributed by atoms with Gasteiger partial charge >= 0.3 is 5.97 Å². The van der Waals surface area contributed by atoms with Crippen LogP contribution < -0.4 is 4.90 Å². The minimum absolute atomic E-state index is 0.334. The largest absolute Gasteiger partial charge is 0.477 e. The van der Waals surface area contributed by atoms with Crippen LogP contribution in [0.15, 0.2) is 18.2 Å². The molecule has 0 amide bonds. The average molecular weight is 252 g/mol. The Balaban J connectivity index is 2.37. The highest BCUT2D eigenvalue weighted by Crippen LogP contribution is 2.27. The van der Waals surface area contributed by atoms with Gasteiger partial charge in [0.2, 0.25) is 0 Å². The molecule has 0 radical (unpaired) electrons. The van der Waals surface area contributed by atoms with E-state index in [-0.39, 0.29) is 5.56 Å². The molecule has 0 saturated carbocycles. The van der Waals surface area contributed by atoms with Gasteiger partial charge in [-0.1, -0.05) is 0 Å². The van der Waals surface area contributed by atoms with Gasteiger partial charge in [-0.25, -0.2) is 4.79 Å². The maximum Gasteiger partial charge on any atom is 0.342 e. The van der Waals surface area contributed by atoms with Crippen LogP contribution in [0.5, 0.6) is 0 Å². The third kappa shape index (κ3) is 2.25. The Morgan fingerprint density at radius 3 is 2.72 bits per heavy atom. The molecule has 1 saturated heterocycles. The van der Waals surface area contributed by atoms with Gasteiger partial charge in [-0.15, -0.1) is 0 Å². The molecular weight excluding hydrogens is 240 g/mol. The van der Waals surface area contributed by atoms with Crippen LogP contribution in [0.25, 0.3) is 0 Å². The van der Waals surface area contributed by atoms with Crippen molar-refractivity contribution in [3.05, 3.63) is 33.9 Å². The van der Waals surface area contributed by atoms with Crippen molar-refractivity contribution in [1.29, 1.82) is 0 Å². The van der Waals surface area contributed by atoms with Crippen molar-refractivity contribution >= 4 is 17.3 Å². The van der Waals surface area contributed by atoms with Crippen LogP contribution >= 0.6 is 0 Å². The summed E-state index contributed by atoms with van der Waals surface area (Å²) in [4.78, 5) is 22.8. The summed E-state index contributed by atoms with van der Waals surface area (Å²) in [5.41, 5.74) is -0.181. The molecule has 0 spiro atoms. The van der Waals surface area contributed by atoms with E-state index in [0.717, 1.165) is 0 Å². The van der Waals surface area contributed by atoms with E-state index in [1.807, 2.05) is 0 Å². The van der Waals surface area contributed by atoms with E-state index in [9.17, 15) is 20.0 Å². The van der Waals surface area contributed by atoms with Crippen LogP contribution in [0.4, 0.5) is 11.4 Å². The molecule has 2 rings (SSSR count). The second kappa shape index (κ2) is 4.61. The number of β-amino-alcohol motifs (C(OH)–C–C–N with tert-alkyl or cyclic N) is 1. The molecule has 0 aromatic heterocycles. The van der Waals surface area contributed by atoms with Gasteiger partial charge in [0.1, 0.15) is 5.56 Å². The molecule has 7 nitrogen and oxygen atoms in total. The molecule has 96 valence electrons. The number of aliphatic hydroxyl groups excluding tert-OH is 1. The zero-order valence-corrected chi connectivity index (χ0v) is 9.44. The highest BCUT2D eigenvalue weighted by atomic mass is 16.6. The highest BCUT2D eigenvalue weighted by molar-refractivity contribution is 5.93. The van der Waals surface area contributed by atoms with E-state index in [1.54, 1.807) is 4.90 Å². The van der Waals surface area contributed by atoms with Crippen molar-refractivity contribution in [1.82, 2.24) is 0 Å². The minimum Gasteiger partial charge on any atom is -0.477 e. The van der Waals surface area contributed by atoms with Crippen LogP contribution in [-0.4, -0.2) is 40.3 Å². The summed E-state index contributed by atoms with van der Waals surface area (Å²) in [6.07, 6.45) is 0.174. The van der Waals surface area contributed by atoms with Crippen molar-refractivity contribution in [2.75, 3.05) is 18.0 Å². The third-order valence-electron chi connectivity index (χ3n) is 2.94. The Morgan fingerprint density at radius 2 is 2.22 bits per heavy atom. The van der Waals surface area contributed by atoms with Gasteiger partial charge in [0, 0.05) is 24.8 Å². The van der Waals surface area contributed by atoms with E-state index in [1.165, 1.54) is 18.2 Å². The van der Waals surface area contributed by atoms with Crippen molar-refractivity contribution in [2.24, 2.45) is 0 Å². The minimum atomic E-state index is -1.33. The second-order valence-corrected chi connectivity index (χ2v) is 4.15. The lowest BCUT2D eigenvalue weighted by Crippen LogP contribution is -2.21. The topological polar surface area (TPSA) is 104 Å². The van der Waals surface area contributed by atoms with Crippen LogP contribution in [0.3, 0.4) is 0 Å². The summed E-state index contributed by atoms with van der Waals surface area (Å²) in [6, 6.07) is 3.96. The molecule has 0 bridgehead atoms. The van der Waals surface area contributed by atoms with E-state index >= 15 is 0 Å². The van der Waals surface area contributed by atoms with Crippen LogP contribution in [0.2, 0.25) is 0 Å². The van der Waals surface area contributed by atoms with Gasteiger partial charge in [-0.05, 0) is 18.6 Å². The van der Waals surface area contributed by atoms with E-state index in [4.69, 9.17) is 5.11 Å². The maximum atomic E-state index is 11.0. The molecule has 18 heavy (non-hydrogen) atoms. The fourth-order valence-electron chi connectivity index (χ4n) is 2.03. The van der Waals surface area contributed by atoms with E-state index in [0.29, 0.717) is 25.2 Å². The number of benzene rings is 1. The number of nitro groups is 1. The first kappa shape index (κ1) is 12.3. The van der Waals surface area contributed by atoms with Crippen molar-refractivity contribution in [2.45, 2.75) is 12.5 Å². The van der Waals surface area contributed by atoms with Gasteiger partial charge < -0.3 is 15.1 Å². The molecule has 1 aliphatic rings. The average Bonchev–Trinajstić information content (AvgIpc) is 2.75. The molecule has 2 N–H and O–H groups in total. The molecule has 1 aliphatic heterocycles. The Morgan fingerprint density at radius 1 is 1.50 bits per heavy atom. The first-order valence-electron chi connectivity index (χ1n) is 5.44. The lowest BCUT2D eigenvalue weighted by molar-refractivity contribution is -0.385. The molecule has 1 aromatic carbocycles. The van der Waals surface area contributed by atoms with E-state index in [2.05, 4.69) is 0 Å². The standard InChI is InChI=1S/C11H12N2O5/c14-8-3-4-12(6-8)7-1-2-10(13(17)18)9(5-7)11(15)16/h1-2,5,8,14H,3-4,6H2,(H,15,16). The zero-order valence-electron chi connectivity index (χ0n) is 9.44. The number of anilines is 1. The SMILES string of the molecule is O=C(O)c1cc(N2CCC(O)C2)ccc1[N+](=O)[O-]. The van der Waals surface area contributed by atoms with Gasteiger partial charge in [0.25, 0.3) is 5.69 Å². The number of hydrogen-bond acceptors (Lipinski definition) is 5. The number of aromatic carboxylic acids is 1. The smallest absolute Gasteiger partial charge is 0.342 e. The molecule has 1 unspecified atom stereocenters. The molecular formula is C11H12N2O5. The number of nitrogens with zero attached hydrogens (tertiary/aromatic N) is 2. The quantitative estimate of drug-likeness (QED) is 0.610. The van der Waals surface area contributed by atoms with Crippen molar-refractivity contribution in [3.63, 3.8) is 0 Å². The second-order valence-electron chi connectivity index (χ2n) is 4.15. The number of nitro benzene ring substituents is 1. The van der Waals surface area contributed by atoms with Gasteiger partial charge in [0.15, 0.2) is 0 Å². The molecule has 0 aliphatic carbocycles. The van der Waals surface area contributed by atoms with Gasteiger partial charge in [0.05, 0.1) is 11.0 Å². The summed E-state index contributed by atoms with van der Waals surface area (Å²) < 4.78 is 0. The summed E-state index contributed by atoms with van der Waals surface area (Å²) in [7, 11) is 0. The molecule has 7 heteroatoms. The number of rotatable bonds is 3. The Kier molecular flexibility index (Phi) is 3.15. The first-order chi connectivity index (χ1) is 8.49. The molecule has 1 atom stereocenters. The third-order valence-corrected chi connectivity index (χ3v) is 2.94. The number of hydrogen-bond donors (Lipinski definition) is 2. The predicted octanol–water partition coefficient (Wildman–Crippen LogP) is 0.864. The lowest BCUT2D eigenvalue weighted by Gasteiger charge is -2.18. The molecule has 1 fully saturated rings. The van der Waals surface area contributed by atoms with E-state index < -0.39 is 22.7 Å². The summed E-state index contributed by atoms with van der Waals surface area (Å²) in [5.74, 6) is -1.33. The van der Waals surface area contributed by atoms with Gasteiger partial charge in [-0.3, -0.25) is 10.1 Å². The number of carbonyl (C=O) groups is 1. The first-order valence-corrected chi connectivity index (χ1v) is 5.44. The number of carboxylic acids is 1. The Hall–Kier alpha value is -2.15. The monoisotopic (exact) mass is 252 g/mol. The normalized spacial score (nSPS) is 18.9. The zero-order chi connectivity index (χ0) is 13.3. The number of carboxylic acid groups (broad SMARTS) is 1. The van der Waals surface area contributed by atoms with Crippen LogP contribution in [-0.2, 0) is 0 Å². The fourth-order valence-corrected chi connectivity index (χ4v) is 2.03. The summed E-state index contributed by atoms with van der Waals surface area (Å²) >= 11 is 0. The maximum absolute atomic E-state index is 11.0. The Labute approximate surface area is 102 Å². The fraction of sp³-hybridized carbons (Fsp3) is 0.364.